The van der Waals surface area contributed by atoms with Crippen molar-refractivity contribution in [3.05, 3.63) is 12.3 Å². The van der Waals surface area contributed by atoms with Gasteiger partial charge in [-0.15, -0.1) is 0 Å². The van der Waals surface area contributed by atoms with Crippen LogP contribution in [0, 0.1) is 0 Å². The number of hydrogen-bond acceptors (Lipinski definition) is 1. The van der Waals surface area contributed by atoms with E-state index in [1.54, 1.807) is 0 Å². The molecule has 25 valence electrons. The molecule has 0 aromatic heterocycles. The van der Waals surface area contributed by atoms with Gasteiger partial charge in [0.1, 0.15) is 0 Å². The molecule has 1 radical (unpaired) electrons. The molecule has 0 bridgehead atoms. The summed E-state index contributed by atoms with van der Waals surface area (Å²) in [7, 11) is 0. The Kier molecular flexibility index (Phi) is 1.26. The standard InChI is InChI=1S/C3H5N.In/c1-2-3-4;/h2-4H,1H2;/q-1;+1. The van der Waals surface area contributed by atoms with Gasteiger partial charge < -0.3 is 0 Å². The van der Waals surface area contributed by atoms with Gasteiger partial charge in [-0.1, -0.05) is 0 Å². The van der Waals surface area contributed by atoms with Crippen LogP contribution in [0.4, 0.5) is 0 Å². The Morgan fingerprint density at radius 3 is 3.00 bits per heavy atom. The van der Waals surface area contributed by atoms with Crippen molar-refractivity contribution in [2.45, 2.75) is 4.18 Å². The molecule has 0 spiro atoms. The third kappa shape index (κ3) is 0.875. The SMILES string of the molecule is C1=C[NH][In][CH2]1. The Hall–Kier alpha value is 0.410. The van der Waals surface area contributed by atoms with Gasteiger partial charge in [-0.2, -0.15) is 0 Å². The molecular formula is C3H5InN. The van der Waals surface area contributed by atoms with Crippen molar-refractivity contribution in [3.8, 4) is 0 Å². The van der Waals surface area contributed by atoms with E-state index in [0.717, 1.165) is 0 Å². The molecular weight excluding hydrogens is 165 g/mol. The molecule has 2 heteroatoms. The van der Waals surface area contributed by atoms with Crippen LogP contribution in [0.2, 0.25) is 4.18 Å². The van der Waals surface area contributed by atoms with E-state index in [-0.39, 0.29) is 23.2 Å². The van der Waals surface area contributed by atoms with E-state index in [4.69, 9.17) is 0 Å². The quantitative estimate of drug-likeness (QED) is 0.545. The van der Waals surface area contributed by atoms with Gasteiger partial charge in [-0.3, -0.25) is 0 Å². The van der Waals surface area contributed by atoms with Crippen LogP contribution in [-0.4, -0.2) is 23.2 Å². The van der Waals surface area contributed by atoms with E-state index >= 15 is 0 Å². The van der Waals surface area contributed by atoms with Crippen molar-refractivity contribution in [2.75, 3.05) is 0 Å². The summed E-state index contributed by atoms with van der Waals surface area (Å²) in [6.07, 6.45) is 4.28. The summed E-state index contributed by atoms with van der Waals surface area (Å²) in [6.45, 7) is 0. The van der Waals surface area contributed by atoms with E-state index in [0.29, 0.717) is 0 Å². The first kappa shape index (κ1) is 3.59. The van der Waals surface area contributed by atoms with Crippen LogP contribution < -0.4 is 3.30 Å². The van der Waals surface area contributed by atoms with Gasteiger partial charge >= 0.3 is 43.0 Å². The molecule has 0 saturated heterocycles. The minimum absolute atomic E-state index is 0.170. The molecule has 1 nitrogen and oxygen atoms in total. The predicted molar refractivity (Wildman–Crippen MR) is 22.8 cm³/mol. The second-order valence-electron chi connectivity index (χ2n) is 1.01. The zero-order valence-electron chi connectivity index (χ0n) is 2.94. The van der Waals surface area contributed by atoms with E-state index in [1.165, 1.54) is 4.18 Å². The summed E-state index contributed by atoms with van der Waals surface area (Å²) in [5.41, 5.74) is 0. The van der Waals surface area contributed by atoms with Crippen molar-refractivity contribution in [2.24, 2.45) is 0 Å². The molecule has 0 aliphatic carbocycles. The molecule has 1 N–H and O–H groups in total. The van der Waals surface area contributed by atoms with Crippen LogP contribution in [0.25, 0.3) is 0 Å². The number of nitrogens with one attached hydrogen (secondary N) is 1. The molecule has 1 aliphatic rings. The van der Waals surface area contributed by atoms with Gasteiger partial charge in [0.05, 0.1) is 0 Å². The molecule has 0 atom stereocenters. The van der Waals surface area contributed by atoms with E-state index in [9.17, 15) is 0 Å². The number of hydrogen-bond donors (Lipinski definition) is 1. The van der Waals surface area contributed by atoms with Crippen LogP contribution in [-0.2, 0) is 0 Å². The zero-order valence-corrected chi connectivity index (χ0v) is 6.23. The molecule has 0 saturated carbocycles. The van der Waals surface area contributed by atoms with Crippen LogP contribution >= 0.6 is 0 Å². The monoisotopic (exact) mass is 170 g/mol. The maximum absolute atomic E-state index is 3.23. The van der Waals surface area contributed by atoms with Crippen LogP contribution in [0.15, 0.2) is 12.3 Å². The minimum atomic E-state index is -0.170. The molecule has 0 unspecified atom stereocenters. The van der Waals surface area contributed by atoms with Gasteiger partial charge in [0.15, 0.2) is 0 Å². The fraction of sp³-hybridized carbons (Fsp3) is 0.333. The first-order valence-electron chi connectivity index (χ1n) is 1.73. The molecule has 0 fully saturated rings. The van der Waals surface area contributed by atoms with Gasteiger partial charge in [0.2, 0.25) is 0 Å². The topological polar surface area (TPSA) is 12.0 Å². The van der Waals surface area contributed by atoms with Gasteiger partial charge in [-0.05, 0) is 0 Å². The fourth-order valence-corrected chi connectivity index (χ4v) is 2.28. The van der Waals surface area contributed by atoms with Crippen molar-refractivity contribution in [1.82, 2.24) is 3.30 Å². The van der Waals surface area contributed by atoms with E-state index in [1.807, 2.05) is 0 Å². The van der Waals surface area contributed by atoms with Gasteiger partial charge in [0, 0.05) is 0 Å². The molecule has 0 amide bonds. The second kappa shape index (κ2) is 1.75. The maximum atomic E-state index is 3.23. The molecule has 1 aliphatic heterocycles. The Morgan fingerprint density at radius 1 is 1.80 bits per heavy atom. The van der Waals surface area contributed by atoms with Crippen molar-refractivity contribution in [3.63, 3.8) is 0 Å². The summed E-state index contributed by atoms with van der Waals surface area (Å²) in [6, 6.07) is 0. The summed E-state index contributed by atoms with van der Waals surface area (Å²) in [5.74, 6) is 0. The summed E-state index contributed by atoms with van der Waals surface area (Å²) in [4.78, 5) is 0. The normalized spacial score (nSPS) is 17.6. The molecule has 1 rings (SSSR count). The molecule has 0 aromatic carbocycles. The van der Waals surface area contributed by atoms with Crippen molar-refractivity contribution < 1.29 is 0 Å². The molecule has 5 heavy (non-hydrogen) atoms. The second-order valence-corrected chi connectivity index (χ2v) is 4.47. The fourth-order valence-electron chi connectivity index (χ4n) is 0.340. The third-order valence-corrected chi connectivity index (χ3v) is 3.26. The van der Waals surface area contributed by atoms with Gasteiger partial charge in [0.25, 0.3) is 0 Å². The summed E-state index contributed by atoms with van der Waals surface area (Å²) >= 11 is -0.170. The van der Waals surface area contributed by atoms with Crippen LogP contribution in [0.1, 0.15) is 0 Å². The Balaban J connectivity index is 2.32. The zero-order chi connectivity index (χ0) is 3.54. The molecule has 1 heterocycles. The van der Waals surface area contributed by atoms with Crippen LogP contribution in [0.5, 0.6) is 0 Å². The Morgan fingerprint density at radius 2 is 2.80 bits per heavy atom. The average Bonchev–Trinajstić information content (AvgIpc) is 1.76. The van der Waals surface area contributed by atoms with Crippen molar-refractivity contribution >= 4 is 23.2 Å². The number of allylic oxidation sites excluding steroid dienone is 1. The van der Waals surface area contributed by atoms with E-state index in [2.05, 4.69) is 15.6 Å². The Labute approximate surface area is 43.2 Å². The number of rotatable bonds is 0. The summed E-state index contributed by atoms with van der Waals surface area (Å²) in [5, 5.41) is 0. The van der Waals surface area contributed by atoms with Crippen LogP contribution in [0.3, 0.4) is 0 Å². The van der Waals surface area contributed by atoms with Gasteiger partial charge in [-0.25, -0.2) is 0 Å². The average molecular weight is 170 g/mol. The predicted octanol–water partition coefficient (Wildman–Crippen LogP) is 0.141. The Bertz CT molecular complexity index is 44.9. The molecule has 0 aromatic rings. The first-order valence-corrected chi connectivity index (χ1v) is 5.71. The van der Waals surface area contributed by atoms with E-state index < -0.39 is 0 Å². The summed E-state index contributed by atoms with van der Waals surface area (Å²) < 4.78 is 4.63. The first-order chi connectivity index (χ1) is 2.50. The van der Waals surface area contributed by atoms with Crippen molar-refractivity contribution in [1.29, 1.82) is 0 Å². The third-order valence-electron chi connectivity index (χ3n) is 0.586.